The van der Waals surface area contributed by atoms with Gasteiger partial charge in [0.15, 0.2) is 0 Å². The van der Waals surface area contributed by atoms with Crippen molar-refractivity contribution in [1.29, 1.82) is 0 Å². The summed E-state index contributed by atoms with van der Waals surface area (Å²) in [5.41, 5.74) is 0.402. The van der Waals surface area contributed by atoms with Crippen LogP contribution in [-0.4, -0.2) is 42.5 Å². The first-order chi connectivity index (χ1) is 8.07. The molecule has 0 N–H and O–H groups in total. The van der Waals surface area contributed by atoms with Gasteiger partial charge in [0, 0.05) is 13.2 Å². The molecule has 0 bridgehead atoms. The van der Waals surface area contributed by atoms with Crippen LogP contribution in [0.4, 0.5) is 0 Å². The first-order valence-corrected chi connectivity index (χ1v) is 5.78. The van der Waals surface area contributed by atoms with E-state index in [1.807, 2.05) is 13.8 Å². The Hall–Kier alpha value is -0.910. The maximum atomic E-state index is 11.9. The third kappa shape index (κ3) is 3.80. The lowest BCUT2D eigenvalue weighted by molar-refractivity contribution is 0.0568. The predicted molar refractivity (Wildman–Crippen MR) is 64.6 cm³/mol. The average Bonchev–Trinajstić information content (AvgIpc) is 2.66. The fourth-order valence-electron chi connectivity index (χ4n) is 1.37. The molecular weight excluding hydrogens is 244 g/mol. The lowest BCUT2D eigenvalue weighted by Gasteiger charge is -2.10. The third-order valence-corrected chi connectivity index (χ3v) is 2.45. The molecule has 0 unspecified atom stereocenters. The molecule has 0 amide bonds. The second-order valence-electron chi connectivity index (χ2n) is 3.85. The molecule has 96 valence electrons. The summed E-state index contributed by atoms with van der Waals surface area (Å²) in [4.78, 5) is 11.9. The van der Waals surface area contributed by atoms with Crippen LogP contribution in [0.2, 0.25) is 5.02 Å². The van der Waals surface area contributed by atoms with Crippen molar-refractivity contribution in [3.05, 3.63) is 16.9 Å². The highest BCUT2D eigenvalue weighted by atomic mass is 35.5. The molecule has 0 aliphatic heterocycles. The van der Waals surface area contributed by atoms with Gasteiger partial charge in [0.05, 0.1) is 24.4 Å². The number of hydrogen-bond donors (Lipinski definition) is 0. The number of carbonyl (C=O) groups excluding carboxylic acids is 1. The van der Waals surface area contributed by atoms with Gasteiger partial charge in [-0.3, -0.25) is 9.48 Å². The lowest BCUT2D eigenvalue weighted by atomic mass is 10.2. The number of carbonyl (C=O) groups is 1. The van der Waals surface area contributed by atoms with Crippen molar-refractivity contribution in [3.8, 4) is 0 Å². The number of ether oxygens (including phenoxy) is 2. The van der Waals surface area contributed by atoms with Crippen LogP contribution in [0, 0.1) is 0 Å². The van der Waals surface area contributed by atoms with Gasteiger partial charge >= 0.3 is 0 Å². The van der Waals surface area contributed by atoms with Crippen LogP contribution in [-0.2, 0) is 9.47 Å². The molecular formula is C11H17ClN2O3. The van der Waals surface area contributed by atoms with Gasteiger partial charge in [-0.25, -0.2) is 0 Å². The summed E-state index contributed by atoms with van der Waals surface area (Å²) in [5.74, 6) is -0.169. The van der Waals surface area contributed by atoms with Crippen LogP contribution in [0.25, 0.3) is 0 Å². The highest BCUT2D eigenvalue weighted by Crippen LogP contribution is 2.19. The topological polar surface area (TPSA) is 53.4 Å². The van der Waals surface area contributed by atoms with Gasteiger partial charge in [0.25, 0.3) is 0 Å². The van der Waals surface area contributed by atoms with Gasteiger partial charge < -0.3 is 9.47 Å². The summed E-state index contributed by atoms with van der Waals surface area (Å²) < 4.78 is 11.6. The highest BCUT2D eigenvalue weighted by molar-refractivity contribution is 6.33. The molecule has 0 atom stereocenters. The van der Waals surface area contributed by atoms with Crippen molar-refractivity contribution in [2.45, 2.75) is 19.9 Å². The third-order valence-electron chi connectivity index (χ3n) is 2.17. The molecule has 0 saturated carbocycles. The molecule has 17 heavy (non-hydrogen) atoms. The van der Waals surface area contributed by atoms with Crippen LogP contribution in [0.15, 0.2) is 6.20 Å². The van der Waals surface area contributed by atoms with E-state index in [-0.39, 0.29) is 18.4 Å². The van der Waals surface area contributed by atoms with Gasteiger partial charge in [0.1, 0.15) is 12.3 Å². The Labute approximate surface area is 106 Å². The van der Waals surface area contributed by atoms with E-state index in [9.17, 15) is 4.79 Å². The van der Waals surface area contributed by atoms with E-state index in [0.717, 1.165) is 0 Å². The molecule has 5 nitrogen and oxygen atoms in total. The maximum absolute atomic E-state index is 11.9. The molecule has 1 aromatic heterocycles. The second-order valence-corrected chi connectivity index (χ2v) is 4.26. The molecule has 1 aromatic rings. The molecule has 0 saturated heterocycles. The maximum Gasteiger partial charge on any atom is 0.207 e. The average molecular weight is 261 g/mol. The first-order valence-electron chi connectivity index (χ1n) is 5.40. The van der Waals surface area contributed by atoms with E-state index in [0.29, 0.717) is 23.9 Å². The summed E-state index contributed by atoms with van der Waals surface area (Å²) in [7, 11) is 1.58. The van der Waals surface area contributed by atoms with Crippen molar-refractivity contribution in [2.24, 2.45) is 0 Å². The molecule has 0 aliphatic rings. The summed E-state index contributed by atoms with van der Waals surface area (Å²) >= 11 is 5.94. The van der Waals surface area contributed by atoms with Crippen LogP contribution in [0.3, 0.4) is 0 Å². The Bertz CT molecular complexity index is 377. The van der Waals surface area contributed by atoms with Crippen LogP contribution in [0.5, 0.6) is 0 Å². The van der Waals surface area contributed by atoms with Gasteiger partial charge in [-0.2, -0.15) is 5.10 Å². The monoisotopic (exact) mass is 260 g/mol. The van der Waals surface area contributed by atoms with Gasteiger partial charge in [0.2, 0.25) is 5.78 Å². The standard InChI is InChI=1S/C11H17ClN2O3/c1-8(2)14-11(9(12)6-13-14)10(15)7-17-5-4-16-3/h6,8H,4-5,7H2,1-3H3. The normalized spacial score (nSPS) is 11.1. The largest absolute Gasteiger partial charge is 0.382 e. The molecule has 1 heterocycles. The summed E-state index contributed by atoms with van der Waals surface area (Å²) in [5, 5.41) is 4.42. The molecule has 0 radical (unpaired) electrons. The minimum atomic E-state index is -0.169. The zero-order valence-electron chi connectivity index (χ0n) is 10.3. The number of rotatable bonds is 7. The number of nitrogens with zero attached hydrogens (tertiary/aromatic N) is 2. The molecule has 0 aromatic carbocycles. The Morgan fingerprint density at radius 3 is 2.82 bits per heavy atom. The molecule has 0 aliphatic carbocycles. The van der Waals surface area contributed by atoms with E-state index in [2.05, 4.69) is 5.10 Å². The molecule has 6 heteroatoms. The number of Topliss-reactive ketones (excluding diaryl/α,β-unsaturated/α-hetero) is 1. The molecule has 1 rings (SSSR count). The number of methoxy groups -OCH3 is 1. The van der Waals surface area contributed by atoms with Crippen molar-refractivity contribution >= 4 is 17.4 Å². The Morgan fingerprint density at radius 1 is 1.53 bits per heavy atom. The predicted octanol–water partition coefficient (Wildman–Crippen LogP) is 1.96. The summed E-state index contributed by atoms with van der Waals surface area (Å²) in [6.45, 7) is 4.71. The fourth-order valence-corrected chi connectivity index (χ4v) is 1.60. The van der Waals surface area contributed by atoms with Crippen LogP contribution < -0.4 is 0 Å². The quantitative estimate of drug-likeness (QED) is 0.556. The summed E-state index contributed by atoms with van der Waals surface area (Å²) in [6, 6.07) is 0.0837. The fraction of sp³-hybridized carbons (Fsp3) is 0.636. The van der Waals surface area contributed by atoms with E-state index in [1.54, 1.807) is 11.8 Å². The first kappa shape index (κ1) is 14.2. The van der Waals surface area contributed by atoms with E-state index >= 15 is 0 Å². The number of aromatic nitrogens is 2. The van der Waals surface area contributed by atoms with Crippen molar-refractivity contribution in [1.82, 2.24) is 9.78 Å². The van der Waals surface area contributed by atoms with E-state index in [1.165, 1.54) is 6.20 Å². The van der Waals surface area contributed by atoms with E-state index in [4.69, 9.17) is 21.1 Å². The van der Waals surface area contributed by atoms with Crippen molar-refractivity contribution in [3.63, 3.8) is 0 Å². The minimum Gasteiger partial charge on any atom is -0.382 e. The molecule has 0 fully saturated rings. The lowest BCUT2D eigenvalue weighted by Crippen LogP contribution is -2.18. The Morgan fingerprint density at radius 2 is 2.24 bits per heavy atom. The van der Waals surface area contributed by atoms with Crippen molar-refractivity contribution in [2.75, 3.05) is 26.9 Å². The minimum absolute atomic E-state index is 0.0124. The summed E-state index contributed by atoms with van der Waals surface area (Å²) in [6.07, 6.45) is 1.48. The van der Waals surface area contributed by atoms with Crippen LogP contribution >= 0.6 is 11.6 Å². The highest BCUT2D eigenvalue weighted by Gasteiger charge is 2.18. The van der Waals surface area contributed by atoms with Crippen molar-refractivity contribution < 1.29 is 14.3 Å². The van der Waals surface area contributed by atoms with Gasteiger partial charge in [-0.15, -0.1) is 0 Å². The van der Waals surface area contributed by atoms with Gasteiger partial charge in [-0.1, -0.05) is 11.6 Å². The van der Waals surface area contributed by atoms with E-state index < -0.39 is 0 Å². The Balaban J connectivity index is 2.65. The van der Waals surface area contributed by atoms with Crippen LogP contribution in [0.1, 0.15) is 30.4 Å². The number of hydrogen-bond acceptors (Lipinski definition) is 4. The SMILES string of the molecule is COCCOCC(=O)c1c(Cl)cnn1C(C)C. The number of ketones is 1. The smallest absolute Gasteiger partial charge is 0.207 e. The second kappa shape index (κ2) is 6.74. The zero-order valence-corrected chi connectivity index (χ0v) is 11.0. The zero-order chi connectivity index (χ0) is 12.8. The Kier molecular flexibility index (Phi) is 5.61. The van der Waals surface area contributed by atoms with Gasteiger partial charge in [-0.05, 0) is 13.8 Å². The number of halogens is 1. The molecule has 0 spiro atoms.